The molecule has 0 N–H and O–H groups in total. The third-order valence-corrected chi connectivity index (χ3v) is 14.1. The average Bonchev–Trinajstić information content (AvgIpc) is 3.69. The Kier molecular flexibility index (Phi) is 4.77. The summed E-state index contributed by atoms with van der Waals surface area (Å²) in [6, 6.07) is 44.8. The van der Waals surface area contributed by atoms with E-state index in [-0.39, 0.29) is 10.8 Å². The highest BCUT2D eigenvalue weighted by Crippen LogP contribution is 2.70. The minimum Gasteiger partial charge on any atom is -0.309 e. The Bertz CT molecular complexity index is 2530. The molecule has 0 unspecified atom stereocenters. The van der Waals surface area contributed by atoms with E-state index in [2.05, 4.69) is 134 Å². The van der Waals surface area contributed by atoms with Crippen LogP contribution in [-0.4, -0.2) is 4.57 Å². The van der Waals surface area contributed by atoms with Crippen LogP contribution in [0.3, 0.4) is 0 Å². The predicted molar refractivity (Wildman–Crippen MR) is 199 cm³/mol. The molecule has 4 saturated carbocycles. The molecular weight excluding hydrogens is 579 g/mol. The summed E-state index contributed by atoms with van der Waals surface area (Å²) >= 11 is 0. The van der Waals surface area contributed by atoms with Crippen LogP contribution in [0.15, 0.2) is 115 Å². The van der Waals surface area contributed by atoms with E-state index in [1.54, 1.807) is 11.1 Å². The van der Waals surface area contributed by atoms with E-state index in [0.29, 0.717) is 0 Å². The Labute approximate surface area is 282 Å². The van der Waals surface area contributed by atoms with Crippen molar-refractivity contribution in [3.63, 3.8) is 0 Å². The second kappa shape index (κ2) is 8.69. The van der Waals surface area contributed by atoms with Crippen molar-refractivity contribution in [3.05, 3.63) is 138 Å². The number of hydrogen-bond acceptors (Lipinski definition) is 0. The van der Waals surface area contributed by atoms with E-state index < -0.39 is 0 Å². The van der Waals surface area contributed by atoms with Crippen LogP contribution in [0.5, 0.6) is 0 Å². The van der Waals surface area contributed by atoms with E-state index in [4.69, 9.17) is 0 Å². The monoisotopic (exact) mass is 617 g/mol. The molecule has 13 rings (SSSR count). The molecule has 0 saturated heterocycles. The summed E-state index contributed by atoms with van der Waals surface area (Å²) < 4.78 is 2.65. The lowest BCUT2D eigenvalue weighted by Crippen LogP contribution is -2.55. The van der Waals surface area contributed by atoms with Crippen molar-refractivity contribution < 1.29 is 0 Å². The van der Waals surface area contributed by atoms with Crippen molar-refractivity contribution in [1.82, 2.24) is 4.57 Å². The predicted octanol–water partition coefficient (Wildman–Crippen LogP) is 12.0. The van der Waals surface area contributed by atoms with Crippen LogP contribution >= 0.6 is 0 Å². The van der Waals surface area contributed by atoms with Gasteiger partial charge >= 0.3 is 0 Å². The summed E-state index contributed by atoms with van der Waals surface area (Å²) in [7, 11) is 0. The Morgan fingerprint density at radius 2 is 1.17 bits per heavy atom. The van der Waals surface area contributed by atoms with Crippen LogP contribution in [-0.2, 0) is 10.8 Å². The first-order chi connectivity index (χ1) is 23.5. The zero-order valence-electron chi connectivity index (χ0n) is 27.8. The van der Waals surface area contributed by atoms with Gasteiger partial charge in [0.1, 0.15) is 0 Å². The van der Waals surface area contributed by atoms with E-state index >= 15 is 0 Å². The van der Waals surface area contributed by atoms with Crippen molar-refractivity contribution in [2.45, 2.75) is 56.8 Å². The number of nitrogens with zero attached hydrogens (tertiary/aromatic N) is 1. The topological polar surface area (TPSA) is 4.93 Å². The van der Waals surface area contributed by atoms with E-state index in [9.17, 15) is 0 Å². The molecule has 232 valence electrons. The lowest BCUT2D eigenvalue weighted by Gasteiger charge is -2.61. The molecule has 1 heterocycles. The second-order valence-electron chi connectivity index (χ2n) is 16.5. The highest BCUT2D eigenvalue weighted by atomic mass is 15.0. The van der Waals surface area contributed by atoms with Gasteiger partial charge in [0.2, 0.25) is 0 Å². The minimum absolute atomic E-state index is 0.101. The van der Waals surface area contributed by atoms with Gasteiger partial charge in [0.25, 0.3) is 0 Å². The molecule has 1 heteroatoms. The largest absolute Gasteiger partial charge is 0.309 e. The first kappa shape index (κ1) is 26.3. The maximum atomic E-state index is 2.65. The fraction of sp³-hybridized carbons (Fsp3) is 0.277. The summed E-state index contributed by atoms with van der Waals surface area (Å²) in [5.74, 6) is 3.40. The van der Waals surface area contributed by atoms with E-state index in [0.717, 1.165) is 23.7 Å². The van der Waals surface area contributed by atoms with Gasteiger partial charge in [0, 0.05) is 21.6 Å². The standard InChI is InChI=1S/C47H39N/c1-46(2)36-15-7-5-12-33(36)34-14-9-17-41(45(34)46)48-39-20-18-29-10-3-4-11-32(29)43(39)44-40(48)21-19-38-42(44)35-13-6-8-16-37(35)47(38)30-23-27-22-28(25-30)26-31(47)24-27/h3-21,27-28,30-31H,22-26H2,1-2H3. The highest BCUT2D eigenvalue weighted by Gasteiger charge is 2.61. The van der Waals surface area contributed by atoms with Gasteiger partial charge in [0.05, 0.1) is 16.7 Å². The molecule has 0 radical (unpaired) electrons. The number of rotatable bonds is 1. The molecule has 1 spiro atoms. The van der Waals surface area contributed by atoms with Crippen LogP contribution in [0.4, 0.5) is 0 Å². The molecule has 48 heavy (non-hydrogen) atoms. The van der Waals surface area contributed by atoms with Crippen LogP contribution in [0.1, 0.15) is 68.2 Å². The van der Waals surface area contributed by atoms with Crippen molar-refractivity contribution in [3.8, 4) is 27.9 Å². The van der Waals surface area contributed by atoms with E-state index in [1.165, 1.54) is 104 Å². The van der Waals surface area contributed by atoms with Crippen molar-refractivity contribution >= 4 is 32.6 Å². The Morgan fingerprint density at radius 3 is 1.98 bits per heavy atom. The fourth-order valence-corrected chi connectivity index (χ4v) is 12.8. The molecule has 6 aliphatic carbocycles. The molecule has 0 aliphatic heterocycles. The third-order valence-electron chi connectivity index (χ3n) is 14.1. The highest BCUT2D eigenvalue weighted by molar-refractivity contribution is 6.26. The number of hydrogen-bond donors (Lipinski definition) is 0. The maximum Gasteiger partial charge on any atom is 0.0547 e. The number of benzene rings is 6. The van der Waals surface area contributed by atoms with Gasteiger partial charge in [-0.1, -0.05) is 111 Å². The molecular formula is C47H39N. The molecule has 1 nitrogen and oxygen atoms in total. The van der Waals surface area contributed by atoms with Gasteiger partial charge < -0.3 is 4.57 Å². The molecule has 4 bridgehead atoms. The fourth-order valence-electron chi connectivity index (χ4n) is 12.8. The molecule has 1 aromatic heterocycles. The molecule has 0 atom stereocenters. The van der Waals surface area contributed by atoms with Crippen LogP contribution < -0.4 is 0 Å². The summed E-state index contributed by atoms with van der Waals surface area (Å²) in [6.45, 7) is 4.85. The minimum atomic E-state index is -0.101. The number of aromatic nitrogens is 1. The van der Waals surface area contributed by atoms with Crippen molar-refractivity contribution in [2.24, 2.45) is 23.7 Å². The van der Waals surface area contributed by atoms with Gasteiger partial charge in [0.15, 0.2) is 0 Å². The molecule has 6 aliphatic rings. The zero-order valence-corrected chi connectivity index (χ0v) is 27.8. The molecule has 4 fully saturated rings. The van der Waals surface area contributed by atoms with Crippen LogP contribution in [0, 0.1) is 23.7 Å². The maximum absolute atomic E-state index is 2.65. The first-order valence-electron chi connectivity index (χ1n) is 18.4. The second-order valence-corrected chi connectivity index (χ2v) is 16.5. The van der Waals surface area contributed by atoms with Crippen LogP contribution in [0.2, 0.25) is 0 Å². The van der Waals surface area contributed by atoms with Gasteiger partial charge in [-0.05, 0) is 129 Å². The normalized spacial score (nSPS) is 26.8. The van der Waals surface area contributed by atoms with Gasteiger partial charge in [-0.15, -0.1) is 0 Å². The SMILES string of the molecule is CC1(C)c2ccccc2-c2cccc(-n3c4ccc5c(c4c4c6ccccc6ccc43)-c3ccccc3C53C4CC5CC(C4)CC3C5)c21. The smallest absolute Gasteiger partial charge is 0.0547 e. The lowest BCUT2D eigenvalue weighted by molar-refractivity contribution is -0.0399. The quantitative estimate of drug-likeness (QED) is 0.173. The zero-order chi connectivity index (χ0) is 31.5. The Balaban J connectivity index is 1.25. The Morgan fingerprint density at radius 1 is 0.521 bits per heavy atom. The molecule has 7 aromatic rings. The van der Waals surface area contributed by atoms with Gasteiger partial charge in [-0.25, -0.2) is 0 Å². The lowest BCUT2D eigenvalue weighted by atomic mass is 9.43. The Hall–Kier alpha value is -4.62. The number of fused-ring (bicyclic) bond motifs is 12. The average molecular weight is 618 g/mol. The van der Waals surface area contributed by atoms with E-state index in [1.807, 2.05) is 0 Å². The van der Waals surface area contributed by atoms with Crippen molar-refractivity contribution in [1.29, 1.82) is 0 Å². The summed E-state index contributed by atoms with van der Waals surface area (Å²) in [4.78, 5) is 0. The van der Waals surface area contributed by atoms with Gasteiger partial charge in [-0.2, -0.15) is 0 Å². The summed E-state index contributed by atoms with van der Waals surface area (Å²) in [5, 5.41) is 5.57. The van der Waals surface area contributed by atoms with Crippen LogP contribution in [0.25, 0.3) is 60.5 Å². The van der Waals surface area contributed by atoms with Crippen molar-refractivity contribution in [2.75, 3.05) is 0 Å². The first-order valence-corrected chi connectivity index (χ1v) is 18.4. The molecule has 0 amide bonds. The summed E-state index contributed by atoms with van der Waals surface area (Å²) in [6.07, 6.45) is 7.13. The third kappa shape index (κ3) is 2.91. The van der Waals surface area contributed by atoms with Gasteiger partial charge in [-0.3, -0.25) is 0 Å². The molecule has 6 aromatic carbocycles. The summed E-state index contributed by atoms with van der Waals surface area (Å²) in [5.41, 5.74) is 16.0.